The maximum absolute atomic E-state index is 7.89. The van der Waals surface area contributed by atoms with Gasteiger partial charge in [0, 0.05) is 45.5 Å². The molecule has 2 aliphatic carbocycles. The zero-order chi connectivity index (χ0) is 67.2. The minimum atomic E-state index is 0.615. The van der Waals surface area contributed by atoms with E-state index < -0.39 is 0 Å². The van der Waals surface area contributed by atoms with Crippen LogP contribution in [0.2, 0.25) is 0 Å². The van der Waals surface area contributed by atoms with E-state index in [1.807, 2.05) is 163 Å². The summed E-state index contributed by atoms with van der Waals surface area (Å²) in [5, 5.41) is 15.8. The Morgan fingerprint density at radius 1 is 0.178 bits per heavy atom. The first-order valence-corrected chi connectivity index (χ1v) is 30.6. The molecule has 0 atom stereocenters. The van der Waals surface area contributed by atoms with Gasteiger partial charge >= 0.3 is 0 Å². The van der Waals surface area contributed by atoms with E-state index in [1.165, 1.54) is 44.5 Å². The Morgan fingerprint density at radius 3 is 0.356 bits per heavy atom. The largest absolute Gasteiger partial charge is 0.398 e. The molecule has 0 spiro atoms. The molecule has 8 aromatic rings. The van der Waals surface area contributed by atoms with Gasteiger partial charge in [-0.3, -0.25) is 0 Å². The monoisotopic (exact) mass is 1200 g/mol. The lowest BCUT2D eigenvalue weighted by Gasteiger charge is -2.17. The molecule has 468 valence electrons. The van der Waals surface area contributed by atoms with Gasteiger partial charge in [-0.2, -0.15) is 0 Å². The minimum Gasteiger partial charge on any atom is -0.398 e. The second-order valence-corrected chi connectivity index (χ2v) is 25.2. The van der Waals surface area contributed by atoms with Crippen LogP contribution in [-0.2, 0) is 0 Å². The number of aryl methyl sites for hydroxylation is 16. The van der Waals surface area contributed by atoms with Gasteiger partial charge in [-0.1, -0.05) is 0 Å². The van der Waals surface area contributed by atoms with Gasteiger partial charge in [0.2, 0.25) is 0 Å². The molecule has 0 saturated carbocycles. The van der Waals surface area contributed by atoms with Crippen molar-refractivity contribution in [3.63, 3.8) is 0 Å². The van der Waals surface area contributed by atoms with Crippen molar-refractivity contribution in [1.29, 1.82) is 10.8 Å². The van der Waals surface area contributed by atoms with E-state index in [2.05, 4.69) is 97.1 Å². The summed E-state index contributed by atoms with van der Waals surface area (Å²) in [5.41, 5.74) is 90.0. The molecule has 18 N–H and O–H groups in total. The fourth-order valence-electron chi connectivity index (χ4n) is 11.4. The number of hydrogen-bond donors (Lipinski definition) is 10. The predicted octanol–water partition coefficient (Wildman–Crippen LogP) is 19.1. The van der Waals surface area contributed by atoms with Crippen molar-refractivity contribution >= 4 is 56.9 Å². The summed E-state index contributed by atoms with van der Waals surface area (Å²) in [6.07, 6.45) is 8.20. The molecule has 0 amide bonds. The summed E-state index contributed by atoms with van der Waals surface area (Å²) in [5.74, 6) is 0. The molecule has 0 unspecified atom stereocenters. The van der Waals surface area contributed by atoms with Crippen LogP contribution in [0, 0.1) is 122 Å². The van der Waals surface area contributed by atoms with Gasteiger partial charge in [-0.15, -0.1) is 0 Å². The van der Waals surface area contributed by atoms with Gasteiger partial charge in [-0.25, -0.2) is 0 Å². The lowest BCUT2D eigenvalue weighted by atomic mass is 9.88. The van der Waals surface area contributed by atoms with Crippen molar-refractivity contribution in [3.8, 4) is 44.5 Å². The third-order valence-corrected chi connectivity index (χ3v) is 17.5. The normalized spacial score (nSPS) is 12.6. The van der Waals surface area contributed by atoms with E-state index in [0.717, 1.165) is 168 Å². The lowest BCUT2D eigenvalue weighted by molar-refractivity contribution is 1.31. The fourth-order valence-corrected chi connectivity index (χ4v) is 11.4. The van der Waals surface area contributed by atoms with Crippen LogP contribution in [0.25, 0.3) is 44.5 Å². The predicted molar refractivity (Wildman–Crippen MR) is 396 cm³/mol. The molecule has 2 aliphatic rings. The van der Waals surface area contributed by atoms with Crippen molar-refractivity contribution in [2.24, 2.45) is 0 Å². The maximum Gasteiger partial charge on any atom is 0.0598 e. The van der Waals surface area contributed by atoms with Crippen LogP contribution < -0.4 is 45.9 Å². The van der Waals surface area contributed by atoms with Crippen molar-refractivity contribution in [2.75, 3.05) is 45.9 Å². The van der Waals surface area contributed by atoms with Crippen LogP contribution in [0.1, 0.15) is 117 Å². The van der Waals surface area contributed by atoms with Crippen molar-refractivity contribution in [2.45, 2.75) is 138 Å². The van der Waals surface area contributed by atoms with Crippen molar-refractivity contribution < 1.29 is 0 Å². The summed E-state index contributed by atoms with van der Waals surface area (Å²) in [4.78, 5) is 0. The maximum atomic E-state index is 7.89. The standard InChI is InChI=1S/4C16H20N2.C16H18N2/c5*1-9-5-13(6-10(2)15(9)17)14-7-11(3)16(18)12(4)8-14/h4*5-8H,17-18H2,1-4H3;5-8,17-18H,1-4H3. The van der Waals surface area contributed by atoms with Gasteiger partial charge in [0.25, 0.3) is 0 Å². The molecular weight excluding hydrogens is 1100 g/mol. The van der Waals surface area contributed by atoms with Crippen LogP contribution in [0.15, 0.2) is 155 Å². The van der Waals surface area contributed by atoms with Crippen LogP contribution >= 0.6 is 0 Å². The zero-order valence-electron chi connectivity index (χ0n) is 57.2. The van der Waals surface area contributed by atoms with E-state index in [-0.39, 0.29) is 0 Å². The Bertz CT molecular complexity index is 3390. The third kappa shape index (κ3) is 16.1. The molecule has 10 nitrogen and oxygen atoms in total. The van der Waals surface area contributed by atoms with Crippen molar-refractivity contribution in [3.05, 3.63) is 244 Å². The number of rotatable bonds is 4. The highest BCUT2D eigenvalue weighted by atomic mass is 14.6. The Labute approximate surface area is 537 Å². The van der Waals surface area contributed by atoms with Gasteiger partial charge in [-0.05, 0) is 427 Å². The molecular formula is C80H98N10. The fraction of sp³-hybridized carbons (Fsp3) is 0.250. The SMILES string of the molecule is CC1=CC(=C2C=C(C)C(=N)C(C)=C2)C=C(C)C1=N.Cc1cc(-c2cc(C)c(N)c(C)c2)cc(C)c1N.Cc1cc(-c2cc(C)c(N)c(C)c2)cc(C)c1N.Cc1cc(-c2cc(C)c(N)c(C)c2)cc(C)c1N.Cc1cc(-c2cc(C)c(N)c(C)c2)cc(C)c1N. The first-order valence-electron chi connectivity index (χ1n) is 30.6. The van der Waals surface area contributed by atoms with Gasteiger partial charge in [0.15, 0.2) is 0 Å². The van der Waals surface area contributed by atoms with E-state index in [1.54, 1.807) is 0 Å². The molecule has 0 bridgehead atoms. The second-order valence-electron chi connectivity index (χ2n) is 25.2. The average Bonchev–Trinajstić information content (AvgIpc) is 1.25. The highest BCUT2D eigenvalue weighted by Gasteiger charge is 2.17. The first-order chi connectivity index (χ1) is 42.0. The van der Waals surface area contributed by atoms with Crippen LogP contribution in [0.4, 0.5) is 45.5 Å². The quantitative estimate of drug-likeness (QED) is 0.0757. The number of nitrogens with two attached hydrogens (primary N) is 8. The molecule has 0 aromatic heterocycles. The van der Waals surface area contributed by atoms with Gasteiger partial charge in [0.05, 0.1) is 11.4 Å². The molecule has 0 aliphatic heterocycles. The molecule has 0 radical (unpaired) electrons. The molecule has 10 rings (SSSR count). The molecule has 8 aromatic carbocycles. The molecule has 90 heavy (non-hydrogen) atoms. The molecule has 10 heteroatoms. The highest BCUT2D eigenvalue weighted by molar-refractivity contribution is 6.13. The number of benzene rings is 8. The highest BCUT2D eigenvalue weighted by Crippen LogP contribution is 2.35. The number of hydrogen-bond acceptors (Lipinski definition) is 10. The smallest absolute Gasteiger partial charge is 0.0598 e. The van der Waals surface area contributed by atoms with E-state index in [4.69, 9.17) is 56.7 Å². The number of nitrogen functional groups attached to an aromatic ring is 8. The summed E-state index contributed by atoms with van der Waals surface area (Å²) in [6, 6.07) is 34.1. The summed E-state index contributed by atoms with van der Waals surface area (Å²) in [7, 11) is 0. The summed E-state index contributed by atoms with van der Waals surface area (Å²) >= 11 is 0. The zero-order valence-corrected chi connectivity index (χ0v) is 57.2. The minimum absolute atomic E-state index is 0.615. The van der Waals surface area contributed by atoms with Crippen LogP contribution in [0.3, 0.4) is 0 Å². The summed E-state index contributed by atoms with van der Waals surface area (Å²) < 4.78 is 0. The molecule has 0 heterocycles. The Hall–Kier alpha value is -9.80. The number of anilines is 8. The number of nitrogens with one attached hydrogen (secondary N) is 2. The van der Waals surface area contributed by atoms with E-state index in [9.17, 15) is 0 Å². The Morgan fingerprint density at radius 2 is 0.267 bits per heavy atom. The van der Waals surface area contributed by atoms with Crippen LogP contribution in [-0.4, -0.2) is 11.4 Å². The van der Waals surface area contributed by atoms with Gasteiger partial charge < -0.3 is 56.7 Å². The lowest BCUT2D eigenvalue weighted by Crippen LogP contribution is -2.09. The van der Waals surface area contributed by atoms with E-state index in [0.29, 0.717) is 11.4 Å². The number of allylic oxidation sites excluding steroid dienone is 10. The van der Waals surface area contributed by atoms with Crippen LogP contribution in [0.5, 0.6) is 0 Å². The average molecular weight is 1200 g/mol. The Kier molecular flexibility index (Phi) is 22.0. The van der Waals surface area contributed by atoms with Gasteiger partial charge in [0.1, 0.15) is 0 Å². The topological polar surface area (TPSA) is 256 Å². The first kappa shape index (κ1) is 69.3. The van der Waals surface area contributed by atoms with E-state index >= 15 is 0 Å². The van der Waals surface area contributed by atoms with Crippen molar-refractivity contribution in [1.82, 2.24) is 0 Å². The Balaban J connectivity index is 0.000000179. The molecule has 0 saturated heterocycles. The third-order valence-electron chi connectivity index (χ3n) is 17.5. The summed E-state index contributed by atoms with van der Waals surface area (Å²) in [6.45, 7) is 40.6. The second kappa shape index (κ2) is 28.6. The molecule has 0 fully saturated rings.